The minimum atomic E-state index is 0.677. The molecular formula is C14H29B. The highest BCUT2D eigenvalue weighted by molar-refractivity contribution is 6.15. The van der Waals surface area contributed by atoms with Crippen molar-refractivity contribution in [1.29, 1.82) is 0 Å². The number of hydrogen-bond acceptors (Lipinski definition) is 0. The van der Waals surface area contributed by atoms with E-state index in [1.807, 2.05) is 0 Å². The van der Waals surface area contributed by atoms with Gasteiger partial charge in [0.1, 0.15) is 7.85 Å². The first kappa shape index (κ1) is 13.1. The van der Waals surface area contributed by atoms with Gasteiger partial charge < -0.3 is 0 Å². The zero-order valence-electron chi connectivity index (χ0n) is 11.3. The van der Waals surface area contributed by atoms with Gasteiger partial charge >= 0.3 is 0 Å². The quantitative estimate of drug-likeness (QED) is 0.609. The van der Waals surface area contributed by atoms with Gasteiger partial charge in [-0.2, -0.15) is 0 Å². The van der Waals surface area contributed by atoms with Gasteiger partial charge in [-0.15, -0.1) is 0 Å². The highest BCUT2D eigenvalue weighted by Crippen LogP contribution is 2.43. The molecular weight excluding hydrogens is 179 g/mol. The maximum atomic E-state index is 2.52. The lowest BCUT2D eigenvalue weighted by atomic mass is 9.59. The molecule has 15 heavy (non-hydrogen) atoms. The highest BCUT2D eigenvalue weighted by atomic mass is 14.3. The predicted octanol–water partition coefficient (Wildman–Crippen LogP) is 4.20. The van der Waals surface area contributed by atoms with Gasteiger partial charge in [0.2, 0.25) is 0 Å². The van der Waals surface area contributed by atoms with Crippen molar-refractivity contribution in [1.82, 2.24) is 0 Å². The van der Waals surface area contributed by atoms with Crippen LogP contribution in [-0.2, 0) is 0 Å². The second-order valence-electron chi connectivity index (χ2n) is 6.35. The molecule has 1 fully saturated rings. The molecule has 0 nitrogen and oxygen atoms in total. The summed E-state index contributed by atoms with van der Waals surface area (Å²) < 4.78 is 0. The average molecular weight is 208 g/mol. The Kier molecular flexibility index (Phi) is 5.22. The molecule has 0 atom stereocenters. The molecule has 0 saturated heterocycles. The number of hydrogen-bond donors (Lipinski definition) is 0. The van der Waals surface area contributed by atoms with E-state index < -0.39 is 0 Å². The maximum absolute atomic E-state index is 2.52. The van der Waals surface area contributed by atoms with Gasteiger partial charge in [-0.1, -0.05) is 77.5 Å². The summed E-state index contributed by atoms with van der Waals surface area (Å²) in [6.07, 6.45) is 11.7. The standard InChI is InChI=1S/C14H29B/c1-4-9-14(15)10-5-7-13(12(2)3)8-6-11-14/h12-13H,4-11,15H2,1-3H3. The SMILES string of the molecule is BC1(CCC)CCCC(C(C)C)CCC1. The van der Waals surface area contributed by atoms with E-state index in [-0.39, 0.29) is 0 Å². The number of rotatable bonds is 3. The Bertz CT molecular complexity index is 164. The largest absolute Gasteiger partial charge is 0.109 e. The van der Waals surface area contributed by atoms with Gasteiger partial charge in [0.05, 0.1) is 0 Å². The molecule has 0 bridgehead atoms. The fourth-order valence-corrected chi connectivity index (χ4v) is 3.37. The van der Waals surface area contributed by atoms with Crippen molar-refractivity contribution in [2.45, 2.75) is 77.5 Å². The Morgan fingerprint density at radius 1 is 1.20 bits per heavy atom. The summed E-state index contributed by atoms with van der Waals surface area (Å²) in [7, 11) is 2.52. The first-order valence-corrected chi connectivity index (χ1v) is 7.07. The van der Waals surface area contributed by atoms with Gasteiger partial charge in [0, 0.05) is 0 Å². The lowest BCUT2D eigenvalue weighted by Crippen LogP contribution is -2.19. The van der Waals surface area contributed by atoms with Crippen molar-refractivity contribution in [3.63, 3.8) is 0 Å². The summed E-state index contributed by atoms with van der Waals surface area (Å²) in [6, 6.07) is 0. The van der Waals surface area contributed by atoms with Crippen LogP contribution in [0.3, 0.4) is 0 Å². The van der Waals surface area contributed by atoms with Crippen LogP contribution in [0, 0.1) is 11.8 Å². The van der Waals surface area contributed by atoms with Crippen molar-refractivity contribution in [3.05, 3.63) is 0 Å². The minimum absolute atomic E-state index is 0.677. The van der Waals surface area contributed by atoms with Gasteiger partial charge in [-0.3, -0.25) is 0 Å². The second kappa shape index (κ2) is 5.96. The lowest BCUT2D eigenvalue weighted by Gasteiger charge is -2.34. The fraction of sp³-hybridized carbons (Fsp3) is 1.00. The summed E-state index contributed by atoms with van der Waals surface area (Å²) in [6.45, 7) is 7.13. The predicted molar refractivity (Wildman–Crippen MR) is 72.2 cm³/mol. The first-order chi connectivity index (χ1) is 7.07. The third-order valence-corrected chi connectivity index (χ3v) is 4.51. The molecule has 1 aliphatic carbocycles. The highest BCUT2D eigenvalue weighted by Gasteiger charge is 2.26. The van der Waals surface area contributed by atoms with Gasteiger partial charge in [-0.25, -0.2) is 0 Å². The maximum Gasteiger partial charge on any atom is 0.109 e. The van der Waals surface area contributed by atoms with E-state index in [0.717, 1.165) is 11.8 Å². The van der Waals surface area contributed by atoms with Gasteiger partial charge in [-0.05, 0) is 11.8 Å². The Morgan fingerprint density at radius 3 is 2.13 bits per heavy atom. The molecule has 0 aliphatic heterocycles. The van der Waals surface area contributed by atoms with Crippen LogP contribution in [0.15, 0.2) is 0 Å². The molecule has 0 aromatic rings. The Morgan fingerprint density at radius 2 is 1.73 bits per heavy atom. The summed E-state index contributed by atoms with van der Waals surface area (Å²) in [5, 5.41) is 0.677. The van der Waals surface area contributed by atoms with E-state index in [1.54, 1.807) is 0 Å². The third-order valence-electron chi connectivity index (χ3n) is 4.51. The molecule has 0 N–H and O–H groups in total. The minimum Gasteiger partial charge on any atom is -0.0654 e. The molecule has 0 aromatic carbocycles. The van der Waals surface area contributed by atoms with Crippen LogP contribution in [0.1, 0.15) is 72.1 Å². The molecule has 0 radical (unpaired) electrons. The molecule has 0 amide bonds. The average Bonchev–Trinajstić information content (AvgIpc) is 2.12. The van der Waals surface area contributed by atoms with Crippen LogP contribution >= 0.6 is 0 Å². The summed E-state index contributed by atoms with van der Waals surface area (Å²) in [5.74, 6) is 1.91. The van der Waals surface area contributed by atoms with Crippen LogP contribution < -0.4 is 0 Å². The fourth-order valence-electron chi connectivity index (χ4n) is 3.37. The van der Waals surface area contributed by atoms with Crippen molar-refractivity contribution in [3.8, 4) is 0 Å². The smallest absolute Gasteiger partial charge is 0.0654 e. The molecule has 0 spiro atoms. The Balaban J connectivity index is 2.42. The Hall–Kier alpha value is 0.0649. The van der Waals surface area contributed by atoms with E-state index in [2.05, 4.69) is 28.6 Å². The topological polar surface area (TPSA) is 0 Å². The monoisotopic (exact) mass is 208 g/mol. The van der Waals surface area contributed by atoms with Crippen LogP contribution in [0.25, 0.3) is 0 Å². The van der Waals surface area contributed by atoms with Crippen molar-refractivity contribution >= 4 is 7.85 Å². The van der Waals surface area contributed by atoms with Crippen LogP contribution in [-0.4, -0.2) is 7.85 Å². The summed E-state index contributed by atoms with van der Waals surface area (Å²) in [4.78, 5) is 0. The molecule has 0 heterocycles. The summed E-state index contributed by atoms with van der Waals surface area (Å²) >= 11 is 0. The molecule has 1 aliphatic rings. The van der Waals surface area contributed by atoms with Crippen LogP contribution in [0.4, 0.5) is 0 Å². The van der Waals surface area contributed by atoms with E-state index in [0.29, 0.717) is 5.31 Å². The lowest BCUT2D eigenvalue weighted by molar-refractivity contribution is 0.266. The van der Waals surface area contributed by atoms with Gasteiger partial charge in [0.15, 0.2) is 0 Å². The van der Waals surface area contributed by atoms with E-state index in [9.17, 15) is 0 Å². The molecule has 1 rings (SSSR count). The second-order valence-corrected chi connectivity index (χ2v) is 6.35. The van der Waals surface area contributed by atoms with E-state index in [4.69, 9.17) is 0 Å². The van der Waals surface area contributed by atoms with Crippen LogP contribution in [0.5, 0.6) is 0 Å². The van der Waals surface area contributed by atoms with Crippen molar-refractivity contribution < 1.29 is 0 Å². The first-order valence-electron chi connectivity index (χ1n) is 7.07. The zero-order chi connectivity index (χ0) is 11.3. The van der Waals surface area contributed by atoms with Crippen molar-refractivity contribution in [2.75, 3.05) is 0 Å². The zero-order valence-corrected chi connectivity index (χ0v) is 11.3. The normalized spacial score (nSPS) is 33.7. The van der Waals surface area contributed by atoms with Gasteiger partial charge in [0.25, 0.3) is 0 Å². The van der Waals surface area contributed by atoms with Crippen molar-refractivity contribution in [2.24, 2.45) is 11.8 Å². The van der Waals surface area contributed by atoms with E-state index in [1.165, 1.54) is 51.4 Å². The molecule has 0 aromatic heterocycles. The van der Waals surface area contributed by atoms with Crippen LogP contribution in [0.2, 0.25) is 5.31 Å². The third kappa shape index (κ3) is 4.21. The molecule has 88 valence electrons. The molecule has 0 unspecified atom stereocenters. The molecule has 1 heteroatoms. The Labute approximate surface area is 97.6 Å². The van der Waals surface area contributed by atoms with E-state index >= 15 is 0 Å². The summed E-state index contributed by atoms with van der Waals surface area (Å²) in [5.41, 5.74) is 0. The molecule has 1 saturated carbocycles.